The molecule has 2 aliphatic rings. The number of amides is 1. The highest BCUT2D eigenvalue weighted by Gasteiger charge is 2.28. The zero-order chi connectivity index (χ0) is 20.5. The smallest absolute Gasteiger partial charge is 0.254 e. The van der Waals surface area contributed by atoms with Gasteiger partial charge in [-0.2, -0.15) is 0 Å². The molecule has 1 fully saturated rings. The van der Waals surface area contributed by atoms with Crippen LogP contribution in [0.5, 0.6) is 11.5 Å². The number of hydrogen-bond donors (Lipinski definition) is 0. The van der Waals surface area contributed by atoms with Crippen LogP contribution >= 0.6 is 0 Å². The minimum absolute atomic E-state index is 0.0733. The van der Waals surface area contributed by atoms with Crippen LogP contribution in [0.15, 0.2) is 48.5 Å². The number of hydrogen-bond acceptors (Lipinski definition) is 3. The van der Waals surface area contributed by atoms with Crippen molar-refractivity contribution in [2.75, 3.05) is 13.2 Å². The third-order valence-corrected chi connectivity index (χ3v) is 6.45. The Hall–Kier alpha value is -2.95. The van der Waals surface area contributed by atoms with E-state index in [0.29, 0.717) is 31.1 Å². The monoisotopic (exact) mass is 404 g/mol. The summed E-state index contributed by atoms with van der Waals surface area (Å²) in [6, 6.07) is 16.4. The summed E-state index contributed by atoms with van der Waals surface area (Å²) in [5.74, 6) is 1.46. The number of fused-ring (bicyclic) bond motifs is 2. The molecule has 1 aliphatic heterocycles. The number of aryl methyl sites for hydroxylation is 1. The average Bonchev–Trinajstić information content (AvgIpc) is 3.12. The van der Waals surface area contributed by atoms with Gasteiger partial charge in [0.25, 0.3) is 5.91 Å². The van der Waals surface area contributed by atoms with E-state index < -0.39 is 0 Å². The van der Waals surface area contributed by atoms with Gasteiger partial charge in [0.2, 0.25) is 0 Å². The van der Waals surface area contributed by atoms with Crippen LogP contribution in [0, 0.1) is 0 Å². The van der Waals surface area contributed by atoms with E-state index >= 15 is 0 Å². The number of carbonyl (C=O) groups excluding carboxylic acids is 1. The quantitative estimate of drug-likeness (QED) is 0.620. The molecular weight excluding hydrogens is 376 g/mol. The van der Waals surface area contributed by atoms with Gasteiger partial charge in [-0.15, -0.1) is 0 Å². The molecule has 5 rings (SSSR count). The summed E-state index contributed by atoms with van der Waals surface area (Å²) in [6.07, 6.45) is 5.77. The summed E-state index contributed by atoms with van der Waals surface area (Å²) < 4.78 is 13.6. The second-order valence-corrected chi connectivity index (χ2v) is 8.34. The largest absolute Gasteiger partial charge is 0.486 e. The van der Waals surface area contributed by atoms with Crippen LogP contribution in [-0.4, -0.2) is 34.6 Å². The highest BCUT2D eigenvalue weighted by Crippen LogP contribution is 2.33. The summed E-state index contributed by atoms with van der Waals surface area (Å²) in [7, 11) is 2.09. The topological polar surface area (TPSA) is 43.7 Å². The first-order chi connectivity index (χ1) is 14.7. The normalized spacial score (nSPS) is 16.6. The van der Waals surface area contributed by atoms with Crippen molar-refractivity contribution in [2.45, 2.75) is 44.7 Å². The second-order valence-electron chi connectivity index (χ2n) is 8.34. The molecule has 0 bridgehead atoms. The molecule has 1 aliphatic carbocycles. The maximum atomic E-state index is 13.7. The van der Waals surface area contributed by atoms with Crippen molar-refractivity contribution in [3.8, 4) is 11.5 Å². The summed E-state index contributed by atoms with van der Waals surface area (Å²) >= 11 is 0. The van der Waals surface area contributed by atoms with Crippen LogP contribution in [0.4, 0.5) is 0 Å². The lowest BCUT2D eigenvalue weighted by Gasteiger charge is -2.35. The van der Waals surface area contributed by atoms with Crippen LogP contribution in [0.25, 0.3) is 10.9 Å². The van der Waals surface area contributed by atoms with Crippen molar-refractivity contribution in [2.24, 2.45) is 7.05 Å². The molecule has 2 heterocycles. The summed E-state index contributed by atoms with van der Waals surface area (Å²) in [4.78, 5) is 15.8. The minimum atomic E-state index is 0.0733. The highest BCUT2D eigenvalue weighted by molar-refractivity contribution is 5.95. The molecule has 0 saturated heterocycles. The van der Waals surface area contributed by atoms with Crippen molar-refractivity contribution in [1.82, 2.24) is 9.47 Å². The fraction of sp³-hybridized carbons (Fsp3) is 0.400. The molecule has 1 aromatic heterocycles. The van der Waals surface area contributed by atoms with Gasteiger partial charge in [-0.05, 0) is 48.6 Å². The lowest BCUT2D eigenvalue weighted by atomic mass is 9.93. The molecule has 1 amide bonds. The molecule has 5 heteroatoms. The van der Waals surface area contributed by atoms with Gasteiger partial charge in [-0.1, -0.05) is 37.5 Å². The van der Waals surface area contributed by atoms with Crippen molar-refractivity contribution < 1.29 is 14.3 Å². The lowest BCUT2D eigenvalue weighted by molar-refractivity contribution is 0.0608. The molecule has 0 radical (unpaired) electrons. The molecule has 5 nitrogen and oxygen atoms in total. The van der Waals surface area contributed by atoms with Crippen LogP contribution in [0.2, 0.25) is 0 Å². The maximum Gasteiger partial charge on any atom is 0.254 e. The number of ether oxygens (including phenoxy) is 2. The summed E-state index contributed by atoms with van der Waals surface area (Å²) in [5, 5.41) is 1.21. The van der Waals surface area contributed by atoms with Crippen LogP contribution in [0.1, 0.15) is 48.2 Å². The Kier molecular flexibility index (Phi) is 5.11. The first-order valence-electron chi connectivity index (χ1n) is 10.9. The number of carbonyl (C=O) groups is 1. The molecule has 0 spiro atoms. The SMILES string of the molecule is Cn1c(CN(C(=O)c2ccc3c(c2)OCCO3)C2CCCCC2)cc2ccccc21. The van der Waals surface area contributed by atoms with E-state index in [1.54, 1.807) is 0 Å². The number of benzene rings is 2. The van der Waals surface area contributed by atoms with Crippen molar-refractivity contribution in [3.63, 3.8) is 0 Å². The van der Waals surface area contributed by atoms with E-state index in [0.717, 1.165) is 24.3 Å². The molecule has 1 saturated carbocycles. The molecule has 0 unspecified atom stereocenters. The Bertz CT molecular complexity index is 1070. The second kappa shape index (κ2) is 8.05. The Morgan fingerprint density at radius 2 is 1.77 bits per heavy atom. The number of rotatable bonds is 4. The standard InChI is InChI=1S/C25H28N2O3/c1-26-21(15-18-7-5-6-10-22(18)26)17-27(20-8-3-2-4-9-20)25(28)19-11-12-23-24(16-19)30-14-13-29-23/h5-7,10-12,15-16,20H,2-4,8-9,13-14,17H2,1H3. The van der Waals surface area contributed by atoms with Gasteiger partial charge in [0, 0.05) is 29.9 Å². The molecule has 3 aromatic rings. The van der Waals surface area contributed by atoms with Crippen LogP contribution in [0.3, 0.4) is 0 Å². The van der Waals surface area contributed by atoms with E-state index in [2.05, 4.69) is 46.8 Å². The third kappa shape index (κ3) is 3.53. The van der Waals surface area contributed by atoms with Crippen LogP contribution < -0.4 is 9.47 Å². The molecule has 2 aromatic carbocycles. The summed E-state index contributed by atoms with van der Waals surface area (Å²) in [6.45, 7) is 1.69. The fourth-order valence-electron chi connectivity index (χ4n) is 4.77. The molecule has 0 N–H and O–H groups in total. The first kappa shape index (κ1) is 19.0. The van der Waals surface area contributed by atoms with Gasteiger partial charge in [-0.3, -0.25) is 4.79 Å². The molecule has 0 atom stereocenters. The number of nitrogens with zero attached hydrogens (tertiary/aromatic N) is 2. The Labute approximate surface area is 177 Å². The van der Waals surface area contributed by atoms with Crippen molar-refractivity contribution in [3.05, 3.63) is 59.8 Å². The van der Waals surface area contributed by atoms with E-state index in [4.69, 9.17) is 9.47 Å². The number of aromatic nitrogens is 1. The third-order valence-electron chi connectivity index (χ3n) is 6.45. The zero-order valence-electron chi connectivity index (χ0n) is 17.5. The maximum absolute atomic E-state index is 13.7. The van der Waals surface area contributed by atoms with E-state index in [-0.39, 0.29) is 11.9 Å². The van der Waals surface area contributed by atoms with Gasteiger partial charge in [0.15, 0.2) is 11.5 Å². The van der Waals surface area contributed by atoms with E-state index in [9.17, 15) is 4.79 Å². The van der Waals surface area contributed by atoms with Gasteiger partial charge in [-0.25, -0.2) is 0 Å². The van der Waals surface area contributed by atoms with Crippen LogP contribution in [-0.2, 0) is 13.6 Å². The minimum Gasteiger partial charge on any atom is -0.486 e. The van der Waals surface area contributed by atoms with Gasteiger partial charge >= 0.3 is 0 Å². The molecule has 30 heavy (non-hydrogen) atoms. The summed E-state index contributed by atoms with van der Waals surface area (Å²) in [5.41, 5.74) is 3.03. The predicted molar refractivity (Wildman–Crippen MR) is 117 cm³/mol. The highest BCUT2D eigenvalue weighted by atomic mass is 16.6. The van der Waals surface area contributed by atoms with Crippen molar-refractivity contribution >= 4 is 16.8 Å². The number of para-hydroxylation sites is 1. The lowest BCUT2D eigenvalue weighted by Crippen LogP contribution is -2.41. The van der Waals surface area contributed by atoms with E-state index in [1.165, 1.54) is 30.2 Å². The van der Waals surface area contributed by atoms with Gasteiger partial charge < -0.3 is 18.9 Å². The predicted octanol–water partition coefficient (Wildman–Crippen LogP) is 4.92. The van der Waals surface area contributed by atoms with Gasteiger partial charge in [0.05, 0.1) is 6.54 Å². The Morgan fingerprint density at radius 3 is 2.57 bits per heavy atom. The van der Waals surface area contributed by atoms with Crippen molar-refractivity contribution in [1.29, 1.82) is 0 Å². The Morgan fingerprint density at radius 1 is 1.00 bits per heavy atom. The molecule has 156 valence electrons. The fourth-order valence-corrected chi connectivity index (χ4v) is 4.77. The average molecular weight is 405 g/mol. The Balaban J connectivity index is 1.48. The van der Waals surface area contributed by atoms with E-state index in [1.807, 2.05) is 18.2 Å². The van der Waals surface area contributed by atoms with Gasteiger partial charge in [0.1, 0.15) is 13.2 Å². The first-order valence-corrected chi connectivity index (χ1v) is 10.9. The molecular formula is C25H28N2O3. The zero-order valence-corrected chi connectivity index (χ0v) is 17.5.